The van der Waals surface area contributed by atoms with Gasteiger partial charge in [-0.25, -0.2) is 36.5 Å². The second-order valence-electron chi connectivity index (χ2n) is 8.35. The highest BCUT2D eigenvalue weighted by atomic mass is 32.2. The van der Waals surface area contributed by atoms with Gasteiger partial charge in [0.25, 0.3) is 10.0 Å². The first-order valence-corrected chi connectivity index (χ1v) is 13.6. The average molecular weight is 547 g/mol. The Balaban J connectivity index is 1.60. The standard InChI is InChI=1S/C24H21F3N6O2S2/c25-15-7-5-8-16(26)22(15)37(34,35)32-17-9-4-6-14(19(17)27)20-21(18-10-11-29-23(28)30-18)36-24(31-20)33-12-2-1-3-13-33/h4-11,32H,1-3,12-13H2,(H2,28,29,30). The maximum atomic E-state index is 15.8. The molecule has 13 heteroatoms. The lowest BCUT2D eigenvalue weighted by molar-refractivity contribution is 0.521. The lowest BCUT2D eigenvalue weighted by Crippen LogP contribution is -2.29. The van der Waals surface area contributed by atoms with Gasteiger partial charge in [-0.1, -0.05) is 23.5 Å². The van der Waals surface area contributed by atoms with Gasteiger partial charge >= 0.3 is 0 Å². The molecule has 2 aromatic carbocycles. The Bertz CT molecular complexity index is 1550. The SMILES string of the molecule is Nc1nccc(-c2sc(N3CCCCC3)nc2-c2cccc(NS(=O)(=O)c3c(F)cccc3F)c2F)n1. The van der Waals surface area contributed by atoms with Crippen LogP contribution in [0.3, 0.4) is 0 Å². The summed E-state index contributed by atoms with van der Waals surface area (Å²) in [5, 5.41) is 0.667. The molecule has 0 radical (unpaired) electrons. The molecule has 3 heterocycles. The van der Waals surface area contributed by atoms with Crippen LogP contribution in [0.15, 0.2) is 53.6 Å². The van der Waals surface area contributed by atoms with Gasteiger partial charge in [0.1, 0.15) is 11.6 Å². The summed E-state index contributed by atoms with van der Waals surface area (Å²) in [6.07, 6.45) is 4.60. The number of benzene rings is 2. The summed E-state index contributed by atoms with van der Waals surface area (Å²) in [4.78, 5) is 14.3. The third-order valence-corrected chi connectivity index (χ3v) is 8.39. The molecule has 0 amide bonds. The number of nitrogen functional groups attached to an aromatic ring is 1. The maximum Gasteiger partial charge on any atom is 0.267 e. The first-order chi connectivity index (χ1) is 17.7. The van der Waals surface area contributed by atoms with Crippen molar-refractivity contribution in [1.29, 1.82) is 0 Å². The molecule has 4 aromatic rings. The Hall–Kier alpha value is -3.71. The van der Waals surface area contributed by atoms with Crippen molar-refractivity contribution in [2.24, 2.45) is 0 Å². The molecule has 0 atom stereocenters. The van der Waals surface area contributed by atoms with E-state index in [1.165, 1.54) is 29.7 Å². The molecule has 1 saturated heterocycles. The summed E-state index contributed by atoms with van der Waals surface area (Å²) < 4.78 is 71.6. The third kappa shape index (κ3) is 4.96. The van der Waals surface area contributed by atoms with Crippen molar-refractivity contribution in [3.8, 4) is 21.8 Å². The molecule has 0 bridgehead atoms. The van der Waals surface area contributed by atoms with Crippen LogP contribution in [0.4, 0.5) is 29.9 Å². The van der Waals surface area contributed by atoms with Crippen molar-refractivity contribution < 1.29 is 21.6 Å². The van der Waals surface area contributed by atoms with E-state index in [9.17, 15) is 17.2 Å². The number of hydrogen-bond acceptors (Lipinski definition) is 8. The normalized spacial score (nSPS) is 14.1. The number of anilines is 3. The fraction of sp³-hybridized carbons (Fsp3) is 0.208. The molecule has 0 spiro atoms. The quantitative estimate of drug-likeness (QED) is 0.348. The molecular weight excluding hydrogens is 525 g/mol. The van der Waals surface area contributed by atoms with E-state index in [-0.39, 0.29) is 17.2 Å². The number of thiazole rings is 1. The molecular formula is C24H21F3N6O2S2. The average Bonchev–Trinajstić information content (AvgIpc) is 3.31. The van der Waals surface area contributed by atoms with Crippen molar-refractivity contribution in [1.82, 2.24) is 15.0 Å². The summed E-state index contributed by atoms with van der Waals surface area (Å²) in [5.74, 6) is -3.51. The molecule has 2 aromatic heterocycles. The van der Waals surface area contributed by atoms with Crippen molar-refractivity contribution in [3.05, 3.63) is 66.1 Å². The highest BCUT2D eigenvalue weighted by molar-refractivity contribution is 7.92. The Morgan fingerprint density at radius 3 is 2.35 bits per heavy atom. The molecule has 192 valence electrons. The Morgan fingerprint density at radius 1 is 0.946 bits per heavy atom. The number of hydrogen-bond donors (Lipinski definition) is 2. The highest BCUT2D eigenvalue weighted by Gasteiger charge is 2.27. The predicted molar refractivity (Wildman–Crippen MR) is 136 cm³/mol. The summed E-state index contributed by atoms with van der Waals surface area (Å²) in [7, 11) is -4.78. The molecule has 0 saturated carbocycles. The number of halogens is 3. The second-order valence-corrected chi connectivity index (χ2v) is 10.9. The van der Waals surface area contributed by atoms with Crippen molar-refractivity contribution in [2.75, 3.05) is 28.4 Å². The van der Waals surface area contributed by atoms with Crippen LogP contribution in [0.25, 0.3) is 21.8 Å². The van der Waals surface area contributed by atoms with E-state index < -0.39 is 38.1 Å². The fourth-order valence-electron chi connectivity index (χ4n) is 4.11. The number of rotatable bonds is 6. The van der Waals surface area contributed by atoms with Crippen molar-refractivity contribution in [3.63, 3.8) is 0 Å². The van der Waals surface area contributed by atoms with Crippen LogP contribution in [-0.4, -0.2) is 36.5 Å². The molecule has 1 aliphatic rings. The molecule has 8 nitrogen and oxygen atoms in total. The summed E-state index contributed by atoms with van der Waals surface area (Å²) in [5.41, 5.74) is 5.95. The van der Waals surface area contributed by atoms with Crippen LogP contribution >= 0.6 is 11.3 Å². The van der Waals surface area contributed by atoms with Gasteiger partial charge in [-0.05, 0) is 49.6 Å². The first-order valence-electron chi connectivity index (χ1n) is 11.3. The third-order valence-electron chi connectivity index (χ3n) is 5.84. The predicted octanol–water partition coefficient (Wildman–Crippen LogP) is 5.06. The van der Waals surface area contributed by atoms with E-state index in [0.29, 0.717) is 15.7 Å². The van der Waals surface area contributed by atoms with E-state index in [2.05, 4.69) is 14.9 Å². The van der Waals surface area contributed by atoms with Crippen LogP contribution in [0.5, 0.6) is 0 Å². The summed E-state index contributed by atoms with van der Waals surface area (Å²) in [6, 6.07) is 8.30. The van der Waals surface area contributed by atoms with Gasteiger partial charge in [0.05, 0.1) is 22.0 Å². The van der Waals surface area contributed by atoms with Gasteiger partial charge in [-0.2, -0.15) is 0 Å². The van der Waals surface area contributed by atoms with Crippen molar-refractivity contribution >= 4 is 38.1 Å². The van der Waals surface area contributed by atoms with Gasteiger partial charge in [0.2, 0.25) is 5.95 Å². The highest BCUT2D eigenvalue weighted by Crippen LogP contribution is 2.42. The van der Waals surface area contributed by atoms with Crippen LogP contribution in [0.2, 0.25) is 0 Å². The lowest BCUT2D eigenvalue weighted by atomic mass is 10.1. The number of aromatic nitrogens is 3. The largest absolute Gasteiger partial charge is 0.368 e. The van der Waals surface area contributed by atoms with E-state index in [0.717, 1.165) is 56.6 Å². The minimum atomic E-state index is -4.78. The lowest BCUT2D eigenvalue weighted by Gasteiger charge is -2.25. The zero-order valence-electron chi connectivity index (χ0n) is 19.3. The molecule has 3 N–H and O–H groups in total. The first kappa shape index (κ1) is 25.0. The molecule has 1 aliphatic heterocycles. The van der Waals surface area contributed by atoms with Crippen LogP contribution in [0, 0.1) is 17.5 Å². The van der Waals surface area contributed by atoms with E-state index >= 15 is 4.39 Å². The van der Waals surface area contributed by atoms with Crippen LogP contribution in [-0.2, 0) is 10.0 Å². The Kier molecular flexibility index (Phi) is 6.73. The number of nitrogens with zero attached hydrogens (tertiary/aromatic N) is 4. The van der Waals surface area contributed by atoms with Gasteiger partial charge in [0.15, 0.2) is 15.8 Å². The zero-order valence-corrected chi connectivity index (χ0v) is 20.9. The van der Waals surface area contributed by atoms with Gasteiger partial charge in [-0.3, -0.25) is 4.72 Å². The van der Waals surface area contributed by atoms with Gasteiger partial charge in [0, 0.05) is 24.8 Å². The second kappa shape index (κ2) is 9.98. The van der Waals surface area contributed by atoms with E-state index in [1.54, 1.807) is 6.07 Å². The minimum Gasteiger partial charge on any atom is -0.368 e. The van der Waals surface area contributed by atoms with E-state index in [4.69, 9.17) is 10.7 Å². The number of piperidine rings is 1. The minimum absolute atomic E-state index is 0.0131. The summed E-state index contributed by atoms with van der Waals surface area (Å²) >= 11 is 1.32. The molecule has 0 aliphatic carbocycles. The number of sulfonamides is 1. The number of nitrogens with two attached hydrogens (primary N) is 1. The molecule has 37 heavy (non-hydrogen) atoms. The van der Waals surface area contributed by atoms with E-state index in [1.807, 2.05) is 4.72 Å². The molecule has 0 unspecified atom stereocenters. The Morgan fingerprint density at radius 2 is 1.65 bits per heavy atom. The topological polar surface area (TPSA) is 114 Å². The number of nitrogens with one attached hydrogen (secondary N) is 1. The fourth-order valence-corrected chi connectivity index (χ4v) is 6.41. The maximum absolute atomic E-state index is 15.8. The summed E-state index contributed by atoms with van der Waals surface area (Å²) in [6.45, 7) is 1.60. The van der Waals surface area contributed by atoms with Gasteiger partial charge < -0.3 is 10.6 Å². The van der Waals surface area contributed by atoms with Crippen molar-refractivity contribution in [2.45, 2.75) is 24.2 Å². The Labute approximate surface area is 215 Å². The zero-order chi connectivity index (χ0) is 26.2. The molecule has 5 rings (SSSR count). The monoisotopic (exact) mass is 546 g/mol. The van der Waals surface area contributed by atoms with Crippen LogP contribution in [0.1, 0.15) is 19.3 Å². The molecule has 1 fully saturated rings. The smallest absolute Gasteiger partial charge is 0.267 e. The van der Waals surface area contributed by atoms with Gasteiger partial charge in [-0.15, -0.1) is 0 Å². The van der Waals surface area contributed by atoms with Crippen LogP contribution < -0.4 is 15.4 Å².